The van der Waals surface area contributed by atoms with E-state index in [4.69, 9.17) is 16.0 Å². The molecule has 2 aromatic rings. The number of benzene rings is 1. The molecular formula is C21H26ClN3O4. The summed E-state index contributed by atoms with van der Waals surface area (Å²) in [5.74, 6) is 1.39. The van der Waals surface area contributed by atoms with Crippen LogP contribution in [0.15, 0.2) is 28.7 Å². The van der Waals surface area contributed by atoms with Crippen molar-refractivity contribution in [2.24, 2.45) is 0 Å². The van der Waals surface area contributed by atoms with Crippen LogP contribution in [0, 0.1) is 17.0 Å². The van der Waals surface area contributed by atoms with Crippen molar-refractivity contribution in [3.05, 3.63) is 56.5 Å². The number of nitrogens with zero attached hydrogens (tertiary/aromatic N) is 3. The van der Waals surface area contributed by atoms with Gasteiger partial charge in [0.2, 0.25) is 0 Å². The minimum atomic E-state index is -0.464. The van der Waals surface area contributed by atoms with Crippen molar-refractivity contribution in [3.8, 4) is 0 Å². The van der Waals surface area contributed by atoms with Gasteiger partial charge in [0.25, 0.3) is 11.6 Å². The molecule has 1 aliphatic heterocycles. The first-order chi connectivity index (χ1) is 13.5. The highest BCUT2D eigenvalue weighted by Crippen LogP contribution is 2.32. The number of hydrogen-bond acceptors (Lipinski definition) is 5. The number of carbonyl (C=O) groups excluding carboxylic acids is 1. The van der Waals surface area contributed by atoms with Crippen molar-refractivity contribution in [3.63, 3.8) is 0 Å². The molecule has 3 rings (SSSR count). The standard InChI is InChI=1S/C21H26ClN3O4/c1-13-12-23(18-7-6-15(25(27)28)10-17(18)22)8-9-24(13)20(26)16-11-19(21(3,4)5)29-14(16)2/h6-7,10-11,13H,8-9,12H2,1-5H3. The Labute approximate surface area is 175 Å². The molecule has 1 aromatic heterocycles. The highest BCUT2D eigenvalue weighted by Gasteiger charge is 2.32. The molecule has 1 aromatic carbocycles. The fourth-order valence-corrected chi connectivity index (χ4v) is 3.86. The maximum Gasteiger partial charge on any atom is 0.271 e. The molecule has 1 aliphatic rings. The Balaban J connectivity index is 1.76. The second-order valence-corrected chi connectivity index (χ2v) is 8.92. The summed E-state index contributed by atoms with van der Waals surface area (Å²) in [7, 11) is 0. The summed E-state index contributed by atoms with van der Waals surface area (Å²) in [6.45, 7) is 11.7. The van der Waals surface area contributed by atoms with Crippen molar-refractivity contribution in [1.82, 2.24) is 4.90 Å². The lowest BCUT2D eigenvalue weighted by Crippen LogP contribution is -2.54. The van der Waals surface area contributed by atoms with E-state index >= 15 is 0 Å². The van der Waals surface area contributed by atoms with E-state index in [2.05, 4.69) is 25.7 Å². The fraction of sp³-hybridized carbons (Fsp3) is 0.476. The number of hydrogen-bond donors (Lipinski definition) is 0. The van der Waals surface area contributed by atoms with Crippen LogP contribution in [0.1, 0.15) is 49.6 Å². The van der Waals surface area contributed by atoms with Gasteiger partial charge < -0.3 is 14.2 Å². The van der Waals surface area contributed by atoms with Crippen LogP contribution in [0.4, 0.5) is 11.4 Å². The van der Waals surface area contributed by atoms with E-state index < -0.39 is 4.92 Å². The zero-order valence-electron chi connectivity index (χ0n) is 17.4. The van der Waals surface area contributed by atoms with Gasteiger partial charge in [0.1, 0.15) is 11.5 Å². The van der Waals surface area contributed by atoms with Gasteiger partial charge in [-0.1, -0.05) is 32.4 Å². The molecule has 1 saturated heterocycles. The maximum atomic E-state index is 13.1. The minimum Gasteiger partial charge on any atom is -0.465 e. The molecule has 0 aliphatic carbocycles. The van der Waals surface area contributed by atoms with Gasteiger partial charge in [-0.25, -0.2) is 0 Å². The topological polar surface area (TPSA) is 79.8 Å². The number of halogens is 1. The van der Waals surface area contributed by atoms with Crippen LogP contribution in [0.3, 0.4) is 0 Å². The Bertz CT molecular complexity index is 948. The van der Waals surface area contributed by atoms with Crippen molar-refractivity contribution in [2.45, 2.75) is 46.1 Å². The van der Waals surface area contributed by atoms with Gasteiger partial charge in [-0.15, -0.1) is 0 Å². The zero-order chi connectivity index (χ0) is 21.5. The van der Waals surface area contributed by atoms with E-state index in [1.807, 2.05) is 24.8 Å². The van der Waals surface area contributed by atoms with Gasteiger partial charge in [0, 0.05) is 43.2 Å². The third kappa shape index (κ3) is 4.24. The summed E-state index contributed by atoms with van der Waals surface area (Å²) in [6, 6.07) is 6.29. The number of non-ortho nitro benzene ring substituents is 1. The molecular weight excluding hydrogens is 394 g/mol. The molecule has 0 bridgehead atoms. The molecule has 1 amide bonds. The van der Waals surface area contributed by atoms with Gasteiger partial charge in [0.05, 0.1) is 21.2 Å². The zero-order valence-corrected chi connectivity index (χ0v) is 18.1. The van der Waals surface area contributed by atoms with Crippen LogP contribution >= 0.6 is 11.6 Å². The van der Waals surface area contributed by atoms with E-state index in [0.29, 0.717) is 36.0 Å². The Kier molecular flexibility index (Phi) is 5.63. The number of rotatable bonds is 3. The average molecular weight is 420 g/mol. The van der Waals surface area contributed by atoms with Crippen molar-refractivity contribution < 1.29 is 14.1 Å². The highest BCUT2D eigenvalue weighted by atomic mass is 35.5. The second kappa shape index (κ2) is 7.71. The molecule has 0 saturated carbocycles. The van der Waals surface area contributed by atoms with E-state index in [-0.39, 0.29) is 23.1 Å². The number of nitro groups is 1. The summed E-state index contributed by atoms with van der Waals surface area (Å²) in [6.07, 6.45) is 0. The van der Waals surface area contributed by atoms with Gasteiger partial charge in [-0.3, -0.25) is 14.9 Å². The maximum absolute atomic E-state index is 13.1. The molecule has 1 fully saturated rings. The van der Waals surface area contributed by atoms with Crippen molar-refractivity contribution in [1.29, 1.82) is 0 Å². The van der Waals surface area contributed by atoms with Crippen LogP contribution in [-0.4, -0.2) is 41.4 Å². The molecule has 8 heteroatoms. The smallest absolute Gasteiger partial charge is 0.271 e. The molecule has 0 radical (unpaired) electrons. The third-order valence-electron chi connectivity index (χ3n) is 5.26. The van der Waals surface area contributed by atoms with Gasteiger partial charge >= 0.3 is 0 Å². The molecule has 0 N–H and O–H groups in total. The monoisotopic (exact) mass is 419 g/mol. The minimum absolute atomic E-state index is 0.0364. The number of amides is 1. The van der Waals surface area contributed by atoms with E-state index in [9.17, 15) is 14.9 Å². The first kappa shape index (κ1) is 21.2. The van der Waals surface area contributed by atoms with Gasteiger partial charge in [-0.05, 0) is 26.0 Å². The number of aryl methyl sites for hydroxylation is 1. The average Bonchev–Trinajstić information content (AvgIpc) is 3.03. The first-order valence-electron chi connectivity index (χ1n) is 9.60. The third-order valence-corrected chi connectivity index (χ3v) is 5.56. The molecule has 2 heterocycles. The van der Waals surface area contributed by atoms with Crippen LogP contribution in [-0.2, 0) is 5.41 Å². The number of furan rings is 1. The Morgan fingerprint density at radius 3 is 2.48 bits per heavy atom. The van der Waals surface area contributed by atoms with Crippen LogP contribution in [0.5, 0.6) is 0 Å². The van der Waals surface area contributed by atoms with Gasteiger partial charge in [0.15, 0.2) is 0 Å². The quantitative estimate of drug-likeness (QED) is 0.527. The van der Waals surface area contributed by atoms with Crippen molar-refractivity contribution >= 4 is 28.9 Å². The summed E-state index contributed by atoms with van der Waals surface area (Å²) in [4.78, 5) is 27.5. The number of nitro benzene ring substituents is 1. The number of anilines is 1. The van der Waals surface area contributed by atoms with Crippen LogP contribution in [0.25, 0.3) is 0 Å². The largest absolute Gasteiger partial charge is 0.465 e. The lowest BCUT2D eigenvalue weighted by Gasteiger charge is -2.41. The summed E-state index contributed by atoms with van der Waals surface area (Å²) >= 11 is 6.28. The molecule has 7 nitrogen and oxygen atoms in total. The molecule has 1 unspecified atom stereocenters. The van der Waals surface area contributed by atoms with E-state index in [1.165, 1.54) is 12.1 Å². The number of piperazine rings is 1. The SMILES string of the molecule is Cc1oc(C(C)(C)C)cc1C(=O)N1CCN(c2ccc([N+](=O)[O-])cc2Cl)CC1C. The fourth-order valence-electron chi connectivity index (χ4n) is 3.56. The summed E-state index contributed by atoms with van der Waals surface area (Å²) < 4.78 is 5.83. The summed E-state index contributed by atoms with van der Waals surface area (Å²) in [5.41, 5.74) is 1.14. The van der Waals surface area contributed by atoms with Crippen LogP contribution in [0.2, 0.25) is 5.02 Å². The highest BCUT2D eigenvalue weighted by molar-refractivity contribution is 6.33. The molecule has 1 atom stereocenters. The molecule has 29 heavy (non-hydrogen) atoms. The Morgan fingerprint density at radius 1 is 1.28 bits per heavy atom. The van der Waals surface area contributed by atoms with E-state index in [0.717, 1.165) is 11.4 Å². The normalized spacial score (nSPS) is 17.5. The predicted octanol–water partition coefficient (Wildman–Crippen LogP) is 4.80. The van der Waals surface area contributed by atoms with E-state index in [1.54, 1.807) is 6.07 Å². The number of carbonyl (C=O) groups is 1. The van der Waals surface area contributed by atoms with Gasteiger partial charge in [-0.2, -0.15) is 0 Å². The molecule has 0 spiro atoms. The lowest BCUT2D eigenvalue weighted by molar-refractivity contribution is -0.384. The predicted molar refractivity (Wildman–Crippen MR) is 113 cm³/mol. The Hall–Kier alpha value is -2.54. The first-order valence-corrected chi connectivity index (χ1v) is 9.97. The summed E-state index contributed by atoms with van der Waals surface area (Å²) in [5, 5.41) is 11.3. The van der Waals surface area contributed by atoms with Crippen LogP contribution < -0.4 is 4.90 Å². The van der Waals surface area contributed by atoms with Crippen molar-refractivity contribution in [2.75, 3.05) is 24.5 Å². The lowest BCUT2D eigenvalue weighted by atomic mass is 9.93. The second-order valence-electron chi connectivity index (χ2n) is 8.52. The Morgan fingerprint density at radius 2 is 1.97 bits per heavy atom. The molecule has 156 valence electrons.